The van der Waals surface area contributed by atoms with Crippen LogP contribution in [-0.4, -0.2) is 28.6 Å². The number of benzene rings is 2. The topological polar surface area (TPSA) is 114 Å². The van der Waals surface area contributed by atoms with E-state index < -0.39 is 11.5 Å². The Bertz CT molecular complexity index is 1020. The minimum absolute atomic E-state index is 0.194. The van der Waals surface area contributed by atoms with Gasteiger partial charge in [-0.3, -0.25) is 9.59 Å². The summed E-state index contributed by atoms with van der Waals surface area (Å²) in [6, 6.07) is 15.1. The molecule has 1 saturated heterocycles. The summed E-state index contributed by atoms with van der Waals surface area (Å²) < 4.78 is 11.5. The molecule has 0 bridgehead atoms. The average Bonchev–Trinajstić information content (AvgIpc) is 2.65. The summed E-state index contributed by atoms with van der Waals surface area (Å²) >= 11 is 0. The van der Waals surface area contributed by atoms with E-state index in [9.17, 15) is 9.59 Å². The first-order valence-electron chi connectivity index (χ1n) is 10.3. The highest BCUT2D eigenvalue weighted by Gasteiger charge is 2.49. The van der Waals surface area contributed by atoms with E-state index in [2.05, 4.69) is 10.6 Å². The molecule has 2 aliphatic rings. The highest BCUT2D eigenvalue weighted by atomic mass is 16.5. The zero-order valence-electron chi connectivity index (χ0n) is 18.6. The number of rotatable bonds is 2. The second-order valence-corrected chi connectivity index (χ2v) is 8.71. The minimum atomic E-state index is -0.833. The third kappa shape index (κ3) is 5.38. The van der Waals surface area contributed by atoms with Crippen molar-refractivity contribution in [2.75, 3.05) is 0 Å². The predicted octanol–water partition coefficient (Wildman–Crippen LogP) is 3.90. The molecular formula is C24H28N2O6. The van der Waals surface area contributed by atoms with Gasteiger partial charge in [-0.15, -0.1) is 0 Å². The van der Waals surface area contributed by atoms with Crippen LogP contribution in [0.3, 0.4) is 0 Å². The van der Waals surface area contributed by atoms with Crippen LogP contribution in [0.2, 0.25) is 0 Å². The summed E-state index contributed by atoms with van der Waals surface area (Å²) in [6.45, 7) is 6.49. The number of urea groups is 1. The maximum Gasteiger partial charge on any atom is 0.315 e. The van der Waals surface area contributed by atoms with Crippen molar-refractivity contribution in [1.29, 1.82) is 0 Å². The van der Waals surface area contributed by atoms with E-state index in [1.54, 1.807) is 12.1 Å². The Morgan fingerprint density at radius 3 is 2.34 bits per heavy atom. The third-order valence-electron chi connectivity index (χ3n) is 5.25. The molecule has 2 aromatic carbocycles. The Morgan fingerprint density at radius 2 is 1.75 bits per heavy atom. The van der Waals surface area contributed by atoms with Gasteiger partial charge in [0.15, 0.2) is 0 Å². The highest BCUT2D eigenvalue weighted by Crippen LogP contribution is 2.50. The van der Waals surface area contributed by atoms with Crippen LogP contribution in [0.4, 0.5) is 4.79 Å². The number of nitrogens with one attached hydrogen (secondary N) is 2. The molecule has 0 radical (unpaired) electrons. The summed E-state index contributed by atoms with van der Waals surface area (Å²) in [6.07, 6.45) is 1.10. The van der Waals surface area contributed by atoms with Crippen LogP contribution in [-0.2, 0) is 15.1 Å². The van der Waals surface area contributed by atoms with E-state index in [0.717, 1.165) is 18.1 Å². The zero-order chi connectivity index (χ0) is 23.5. The Morgan fingerprint density at radius 1 is 1.09 bits per heavy atom. The molecule has 3 N–H and O–H groups in total. The van der Waals surface area contributed by atoms with Crippen molar-refractivity contribution in [3.8, 4) is 11.5 Å². The lowest BCUT2D eigenvalue weighted by atomic mass is 9.72. The van der Waals surface area contributed by atoms with Gasteiger partial charge in [-0.1, -0.05) is 30.3 Å². The van der Waals surface area contributed by atoms with Crippen LogP contribution in [0.15, 0.2) is 48.5 Å². The van der Waals surface area contributed by atoms with Crippen LogP contribution < -0.4 is 20.1 Å². The Balaban J connectivity index is 0.000000668. The normalized spacial score (nSPS) is 22.8. The minimum Gasteiger partial charge on any atom is -0.485 e. The summed E-state index contributed by atoms with van der Waals surface area (Å²) in [5.41, 5.74) is 0.996. The van der Waals surface area contributed by atoms with E-state index in [1.807, 2.05) is 50.2 Å². The lowest BCUT2D eigenvalue weighted by molar-refractivity contribution is -0.134. The number of hydrogen-bond acceptors (Lipinski definition) is 5. The number of esters is 1. The summed E-state index contributed by atoms with van der Waals surface area (Å²) in [7, 11) is 0. The standard InChI is InChI=1S/C22H24N2O4.C2H4O2/c1-14(25)27-16-9-10-17-18(11-16)28-19(15-7-5-4-6-8-15)12-22(17)13-21(2,3)23-20(26)24-22;1-2(3)4/h4-11,19H,12-13H2,1-3H3,(H2,23,24,26);1H3,(H,3,4). The van der Waals surface area contributed by atoms with Gasteiger partial charge >= 0.3 is 12.0 Å². The number of fused-ring (bicyclic) bond motifs is 2. The molecule has 4 rings (SSSR count). The van der Waals surface area contributed by atoms with Crippen LogP contribution in [0.5, 0.6) is 11.5 Å². The first kappa shape index (κ1) is 23.1. The van der Waals surface area contributed by atoms with Crippen molar-refractivity contribution < 1.29 is 29.0 Å². The number of ether oxygens (including phenoxy) is 2. The number of carboxylic acid groups (broad SMARTS) is 1. The monoisotopic (exact) mass is 440 g/mol. The SMILES string of the molecule is CC(=O)O.CC(=O)Oc1ccc2c(c1)OC(c1ccccc1)CC21CC(C)(C)NC(=O)N1. The number of aliphatic carboxylic acids is 1. The van der Waals surface area contributed by atoms with Crippen LogP contribution in [0, 0.1) is 0 Å². The first-order chi connectivity index (χ1) is 15.0. The molecular weight excluding hydrogens is 412 g/mol. The molecule has 0 aromatic heterocycles. The zero-order valence-corrected chi connectivity index (χ0v) is 18.6. The number of carbonyl (C=O) groups excluding carboxylic acids is 2. The fourth-order valence-corrected chi connectivity index (χ4v) is 4.38. The third-order valence-corrected chi connectivity index (χ3v) is 5.25. The molecule has 8 nitrogen and oxygen atoms in total. The number of carboxylic acids is 1. The average molecular weight is 440 g/mol. The maximum atomic E-state index is 12.5. The molecule has 1 spiro atoms. The Labute approximate surface area is 186 Å². The van der Waals surface area contributed by atoms with Gasteiger partial charge in [-0.2, -0.15) is 0 Å². The van der Waals surface area contributed by atoms with Crippen molar-refractivity contribution in [2.24, 2.45) is 0 Å². The van der Waals surface area contributed by atoms with E-state index in [-0.39, 0.29) is 23.6 Å². The summed E-state index contributed by atoms with van der Waals surface area (Å²) in [4.78, 5) is 32.8. The smallest absolute Gasteiger partial charge is 0.315 e. The van der Waals surface area contributed by atoms with Gasteiger partial charge in [0.05, 0.1) is 5.54 Å². The number of carbonyl (C=O) groups is 3. The van der Waals surface area contributed by atoms with E-state index in [1.165, 1.54) is 6.92 Å². The van der Waals surface area contributed by atoms with Gasteiger partial charge in [0, 0.05) is 37.4 Å². The van der Waals surface area contributed by atoms with Gasteiger partial charge in [-0.25, -0.2) is 4.79 Å². The highest BCUT2D eigenvalue weighted by molar-refractivity contribution is 5.78. The van der Waals surface area contributed by atoms with Crippen LogP contribution in [0.1, 0.15) is 57.8 Å². The van der Waals surface area contributed by atoms with Crippen LogP contribution in [0.25, 0.3) is 0 Å². The van der Waals surface area contributed by atoms with Gasteiger partial charge in [0.1, 0.15) is 17.6 Å². The van der Waals surface area contributed by atoms with Crippen molar-refractivity contribution in [2.45, 2.75) is 57.7 Å². The maximum absolute atomic E-state index is 12.5. The quantitative estimate of drug-likeness (QED) is 0.482. The van der Waals surface area contributed by atoms with Crippen molar-refractivity contribution in [3.63, 3.8) is 0 Å². The van der Waals surface area contributed by atoms with Crippen LogP contribution >= 0.6 is 0 Å². The molecule has 2 aromatic rings. The van der Waals surface area contributed by atoms with Gasteiger partial charge in [0.25, 0.3) is 5.97 Å². The molecule has 2 amide bonds. The number of amides is 2. The van der Waals surface area contributed by atoms with E-state index >= 15 is 0 Å². The molecule has 2 heterocycles. The second kappa shape index (κ2) is 8.90. The molecule has 0 aliphatic carbocycles. The molecule has 0 saturated carbocycles. The molecule has 8 heteroatoms. The number of hydrogen-bond donors (Lipinski definition) is 3. The summed E-state index contributed by atoms with van der Waals surface area (Å²) in [5.74, 6) is -0.173. The lowest BCUT2D eigenvalue weighted by Crippen LogP contribution is -2.65. The largest absolute Gasteiger partial charge is 0.485 e. The second-order valence-electron chi connectivity index (χ2n) is 8.71. The van der Waals surface area contributed by atoms with Gasteiger partial charge < -0.3 is 25.2 Å². The molecule has 170 valence electrons. The van der Waals surface area contributed by atoms with Gasteiger partial charge in [-0.05, 0) is 38.0 Å². The first-order valence-corrected chi connectivity index (χ1v) is 10.3. The van der Waals surface area contributed by atoms with Gasteiger partial charge in [0.2, 0.25) is 0 Å². The molecule has 2 atom stereocenters. The molecule has 2 unspecified atom stereocenters. The molecule has 32 heavy (non-hydrogen) atoms. The fraction of sp³-hybridized carbons (Fsp3) is 0.375. The van der Waals surface area contributed by atoms with Crippen molar-refractivity contribution in [3.05, 3.63) is 59.7 Å². The molecule has 2 aliphatic heterocycles. The Kier molecular flexibility index (Phi) is 6.43. The van der Waals surface area contributed by atoms with E-state index in [4.69, 9.17) is 19.4 Å². The van der Waals surface area contributed by atoms with Crippen molar-refractivity contribution >= 4 is 18.0 Å². The predicted molar refractivity (Wildman–Crippen MR) is 118 cm³/mol. The summed E-state index contributed by atoms with van der Waals surface area (Å²) in [5, 5.41) is 13.6. The van der Waals surface area contributed by atoms with Crippen molar-refractivity contribution in [1.82, 2.24) is 10.6 Å². The van der Waals surface area contributed by atoms with E-state index in [0.29, 0.717) is 24.3 Å². The fourth-order valence-electron chi connectivity index (χ4n) is 4.38. The molecule has 1 fully saturated rings. The lowest BCUT2D eigenvalue weighted by Gasteiger charge is -2.50. The Hall–Kier alpha value is -3.55.